The van der Waals surface area contributed by atoms with Crippen molar-refractivity contribution in [1.82, 2.24) is 20.1 Å². The number of carbonyl (C=O) groups excluding carboxylic acids is 1. The van der Waals surface area contributed by atoms with Crippen molar-refractivity contribution in [2.45, 2.75) is 36.6 Å². The summed E-state index contributed by atoms with van der Waals surface area (Å²) in [7, 11) is -3.07. The summed E-state index contributed by atoms with van der Waals surface area (Å²) in [6.45, 7) is 1.15. The first-order valence-electron chi connectivity index (χ1n) is 9.72. The number of rotatable bonds is 7. The Morgan fingerprint density at radius 2 is 2.10 bits per heavy atom. The zero-order valence-electron chi connectivity index (χ0n) is 16.0. The van der Waals surface area contributed by atoms with Gasteiger partial charge in [0.25, 0.3) is 0 Å². The number of nitrogens with zero attached hydrogens (tertiary/aromatic N) is 3. The average Bonchev–Trinajstić information content (AvgIpc) is 3.46. The number of benzene rings is 1. The number of carbonyl (C=O) groups is 1. The molecule has 1 amide bonds. The molecule has 3 heterocycles. The van der Waals surface area contributed by atoms with Crippen LogP contribution in [0.5, 0.6) is 0 Å². The van der Waals surface area contributed by atoms with Gasteiger partial charge in [0.1, 0.15) is 0 Å². The molecular weight excluding hydrogens is 412 g/mol. The summed E-state index contributed by atoms with van der Waals surface area (Å²) in [5.41, 5.74) is 0.925. The van der Waals surface area contributed by atoms with Crippen molar-refractivity contribution in [1.29, 1.82) is 0 Å². The van der Waals surface area contributed by atoms with Gasteiger partial charge in [-0.1, -0.05) is 42.1 Å². The Morgan fingerprint density at radius 1 is 1.28 bits per heavy atom. The molecule has 2 aliphatic heterocycles. The van der Waals surface area contributed by atoms with Crippen LogP contribution in [0.3, 0.4) is 0 Å². The standard InChI is InChI=1S/C19H24N4O4S2/c24-17(12-28-19-20-18(21-22-19)14-5-2-1-3-6-14)23(11-16-7-4-9-27-16)15-8-10-29(25,26)13-15/h1-3,5-6,15-16H,4,7-13H2,(H,20,21,22). The number of nitrogens with one attached hydrogen (secondary N) is 1. The molecule has 2 aromatic rings. The molecule has 2 saturated heterocycles. The molecule has 1 aromatic heterocycles. The van der Waals surface area contributed by atoms with E-state index < -0.39 is 9.84 Å². The van der Waals surface area contributed by atoms with Gasteiger partial charge in [-0.05, 0) is 19.3 Å². The van der Waals surface area contributed by atoms with Crippen LogP contribution < -0.4 is 0 Å². The van der Waals surface area contributed by atoms with E-state index in [1.807, 2.05) is 30.3 Å². The second-order valence-corrected chi connectivity index (χ2v) is 10.5. The normalized spacial score (nSPS) is 23.3. The van der Waals surface area contributed by atoms with Gasteiger partial charge in [-0.25, -0.2) is 13.4 Å². The van der Waals surface area contributed by atoms with Crippen LogP contribution in [0.25, 0.3) is 11.4 Å². The summed E-state index contributed by atoms with van der Waals surface area (Å²) in [6.07, 6.45) is 2.35. The molecule has 156 valence electrons. The smallest absolute Gasteiger partial charge is 0.233 e. The molecule has 1 aromatic carbocycles. The molecule has 10 heteroatoms. The molecule has 2 aliphatic rings. The Labute approximate surface area is 174 Å². The minimum absolute atomic E-state index is 0.0135. The van der Waals surface area contributed by atoms with E-state index in [4.69, 9.17) is 4.74 Å². The number of thioether (sulfide) groups is 1. The number of hydrogen-bond acceptors (Lipinski definition) is 7. The van der Waals surface area contributed by atoms with Crippen LogP contribution in [-0.2, 0) is 19.4 Å². The number of amides is 1. The summed E-state index contributed by atoms with van der Waals surface area (Å²) in [5, 5.41) is 7.57. The second kappa shape index (κ2) is 8.85. The summed E-state index contributed by atoms with van der Waals surface area (Å²) in [4.78, 5) is 19.1. The Morgan fingerprint density at radius 3 is 2.79 bits per heavy atom. The van der Waals surface area contributed by atoms with Crippen molar-refractivity contribution in [3.05, 3.63) is 30.3 Å². The van der Waals surface area contributed by atoms with Crippen molar-refractivity contribution in [3.63, 3.8) is 0 Å². The molecule has 0 spiro atoms. The van der Waals surface area contributed by atoms with E-state index in [1.165, 1.54) is 11.8 Å². The fourth-order valence-corrected chi connectivity index (χ4v) is 6.14. The molecule has 2 fully saturated rings. The molecule has 1 N–H and O–H groups in total. The second-order valence-electron chi connectivity index (χ2n) is 7.36. The Bertz CT molecular complexity index is 942. The molecule has 0 bridgehead atoms. The summed E-state index contributed by atoms with van der Waals surface area (Å²) >= 11 is 1.25. The maximum Gasteiger partial charge on any atom is 0.233 e. The van der Waals surface area contributed by atoms with E-state index in [1.54, 1.807) is 4.90 Å². The van der Waals surface area contributed by atoms with Crippen molar-refractivity contribution in [3.8, 4) is 11.4 Å². The first-order chi connectivity index (χ1) is 14.0. The van der Waals surface area contributed by atoms with Gasteiger partial charge in [0, 0.05) is 24.8 Å². The highest BCUT2D eigenvalue weighted by Crippen LogP contribution is 2.24. The molecule has 29 heavy (non-hydrogen) atoms. The monoisotopic (exact) mass is 436 g/mol. The highest BCUT2D eigenvalue weighted by atomic mass is 32.2. The number of ether oxygens (including phenoxy) is 1. The lowest BCUT2D eigenvalue weighted by atomic mass is 10.1. The van der Waals surface area contributed by atoms with Crippen LogP contribution >= 0.6 is 11.8 Å². The van der Waals surface area contributed by atoms with E-state index in [-0.39, 0.29) is 35.3 Å². The minimum Gasteiger partial charge on any atom is -0.376 e. The summed E-state index contributed by atoms with van der Waals surface area (Å²) in [6, 6.07) is 9.37. The lowest BCUT2D eigenvalue weighted by Gasteiger charge is -2.30. The van der Waals surface area contributed by atoms with Gasteiger partial charge in [-0.3, -0.25) is 9.89 Å². The fourth-order valence-electron chi connectivity index (χ4n) is 3.73. The van der Waals surface area contributed by atoms with Gasteiger partial charge < -0.3 is 9.64 Å². The minimum atomic E-state index is -3.07. The highest BCUT2D eigenvalue weighted by molar-refractivity contribution is 7.99. The summed E-state index contributed by atoms with van der Waals surface area (Å²) < 4.78 is 29.5. The van der Waals surface area contributed by atoms with E-state index in [9.17, 15) is 13.2 Å². The van der Waals surface area contributed by atoms with Crippen LogP contribution in [0, 0.1) is 0 Å². The maximum absolute atomic E-state index is 13.0. The molecule has 0 aliphatic carbocycles. The number of aromatic amines is 1. The zero-order chi connectivity index (χ0) is 20.3. The lowest BCUT2D eigenvalue weighted by Crippen LogP contribution is -2.46. The first kappa shape index (κ1) is 20.4. The molecule has 4 rings (SSSR count). The first-order valence-corrected chi connectivity index (χ1v) is 12.5. The predicted octanol–water partition coefficient (Wildman–Crippen LogP) is 1.76. The molecule has 0 saturated carbocycles. The third-order valence-electron chi connectivity index (χ3n) is 5.23. The molecule has 2 unspecified atom stereocenters. The van der Waals surface area contributed by atoms with Gasteiger partial charge in [0.2, 0.25) is 11.1 Å². The van der Waals surface area contributed by atoms with E-state index in [2.05, 4.69) is 15.2 Å². The summed E-state index contributed by atoms with van der Waals surface area (Å²) in [5.74, 6) is 0.892. The zero-order valence-corrected chi connectivity index (χ0v) is 17.6. The van der Waals surface area contributed by atoms with Crippen molar-refractivity contribution < 1.29 is 17.9 Å². The van der Waals surface area contributed by atoms with Gasteiger partial charge in [0.15, 0.2) is 15.7 Å². The number of aromatic nitrogens is 3. The quantitative estimate of drug-likeness (QED) is 0.659. The lowest BCUT2D eigenvalue weighted by molar-refractivity contribution is -0.131. The Hall–Kier alpha value is -1.91. The van der Waals surface area contributed by atoms with Crippen LogP contribution in [-0.4, -0.2) is 77.0 Å². The maximum atomic E-state index is 13.0. The van der Waals surface area contributed by atoms with Crippen LogP contribution in [0.1, 0.15) is 19.3 Å². The number of hydrogen-bond donors (Lipinski definition) is 1. The average molecular weight is 437 g/mol. The highest BCUT2D eigenvalue weighted by Gasteiger charge is 2.36. The predicted molar refractivity (Wildman–Crippen MR) is 110 cm³/mol. The Balaban J connectivity index is 1.40. The van der Waals surface area contributed by atoms with Gasteiger partial charge in [0.05, 0.1) is 23.4 Å². The number of H-pyrrole nitrogens is 1. The van der Waals surface area contributed by atoms with Crippen LogP contribution in [0.15, 0.2) is 35.5 Å². The van der Waals surface area contributed by atoms with Crippen LogP contribution in [0.4, 0.5) is 0 Å². The van der Waals surface area contributed by atoms with Crippen LogP contribution in [0.2, 0.25) is 0 Å². The van der Waals surface area contributed by atoms with E-state index in [0.29, 0.717) is 30.6 Å². The van der Waals surface area contributed by atoms with E-state index >= 15 is 0 Å². The fraction of sp³-hybridized carbons (Fsp3) is 0.526. The van der Waals surface area contributed by atoms with Gasteiger partial charge in [-0.15, -0.1) is 5.10 Å². The van der Waals surface area contributed by atoms with Crippen molar-refractivity contribution in [2.24, 2.45) is 0 Å². The largest absolute Gasteiger partial charge is 0.376 e. The third-order valence-corrected chi connectivity index (χ3v) is 7.81. The third kappa shape index (κ3) is 5.18. The molecular formula is C19H24N4O4S2. The molecule has 8 nitrogen and oxygen atoms in total. The van der Waals surface area contributed by atoms with E-state index in [0.717, 1.165) is 18.4 Å². The Kier molecular flexibility index (Phi) is 6.21. The SMILES string of the molecule is O=C(CSc1n[nH]c(-c2ccccc2)n1)N(CC1CCCO1)C1CCS(=O)(=O)C1. The number of sulfone groups is 1. The molecule has 2 atom stereocenters. The van der Waals surface area contributed by atoms with Crippen molar-refractivity contribution in [2.75, 3.05) is 30.4 Å². The molecule has 0 radical (unpaired) electrons. The topological polar surface area (TPSA) is 105 Å². The van der Waals surface area contributed by atoms with Gasteiger partial charge in [-0.2, -0.15) is 0 Å². The van der Waals surface area contributed by atoms with Gasteiger partial charge >= 0.3 is 0 Å². The van der Waals surface area contributed by atoms with Crippen molar-refractivity contribution >= 4 is 27.5 Å².